The Bertz CT molecular complexity index is 1830. The zero-order valence-corrected chi connectivity index (χ0v) is 29.0. The zero-order chi connectivity index (χ0) is 35.1. The van der Waals surface area contributed by atoms with E-state index in [2.05, 4.69) is 51.3 Å². The number of nitro groups is 1. The highest BCUT2D eigenvalue weighted by Crippen LogP contribution is 2.55. The molecule has 0 atom stereocenters. The van der Waals surface area contributed by atoms with Crippen LogP contribution < -0.4 is 9.47 Å². The summed E-state index contributed by atoms with van der Waals surface area (Å²) in [5.41, 5.74) is 6.47. The van der Waals surface area contributed by atoms with Crippen molar-refractivity contribution < 1.29 is 24.0 Å². The van der Waals surface area contributed by atoms with Gasteiger partial charge in [0.15, 0.2) is 23.1 Å². The normalized spacial score (nSPS) is 18.6. The Morgan fingerprint density at radius 2 is 1.47 bits per heavy atom. The summed E-state index contributed by atoms with van der Waals surface area (Å²) >= 11 is 0. The molecule has 0 unspecified atom stereocenters. The molecule has 2 aliphatic carbocycles. The molecule has 0 spiro atoms. The Balaban J connectivity index is 1.50. The third kappa shape index (κ3) is 6.82. The molecule has 1 aliphatic heterocycles. The summed E-state index contributed by atoms with van der Waals surface area (Å²) in [6.45, 7) is 13.3. The van der Waals surface area contributed by atoms with Crippen molar-refractivity contribution in [2.75, 3.05) is 7.11 Å². The van der Waals surface area contributed by atoms with Gasteiger partial charge in [0.25, 0.3) is 5.69 Å². The van der Waals surface area contributed by atoms with Crippen LogP contribution in [0.2, 0.25) is 0 Å². The topological polar surface area (TPSA) is 99.0 Å². The Labute approximate surface area is 288 Å². The van der Waals surface area contributed by atoms with Crippen molar-refractivity contribution in [2.24, 2.45) is 10.8 Å². The van der Waals surface area contributed by atoms with E-state index in [0.29, 0.717) is 48.5 Å². The third-order valence-corrected chi connectivity index (χ3v) is 9.81. The molecular formula is C41H44N2O6. The highest BCUT2D eigenvalue weighted by atomic mass is 16.6. The van der Waals surface area contributed by atoms with Crippen LogP contribution in [0, 0.1) is 20.9 Å². The van der Waals surface area contributed by atoms with Crippen LogP contribution >= 0.6 is 0 Å². The first-order chi connectivity index (χ1) is 23.3. The Morgan fingerprint density at radius 1 is 0.878 bits per heavy atom. The summed E-state index contributed by atoms with van der Waals surface area (Å²) in [5.74, 6) is 0.619. The third-order valence-electron chi connectivity index (χ3n) is 9.81. The van der Waals surface area contributed by atoms with Gasteiger partial charge in [-0.1, -0.05) is 70.2 Å². The molecule has 3 aromatic carbocycles. The maximum Gasteiger partial charge on any atom is 0.269 e. The number of nitrogens with zero attached hydrogens (tertiary/aromatic N) is 2. The number of rotatable bonds is 10. The number of carbonyl (C=O) groups is 2. The molecule has 8 nitrogen and oxygen atoms in total. The molecule has 0 aromatic heterocycles. The first-order valence-corrected chi connectivity index (χ1v) is 16.8. The molecule has 0 amide bonds. The highest BCUT2D eigenvalue weighted by molar-refractivity contribution is 6.07. The van der Waals surface area contributed by atoms with Gasteiger partial charge in [0, 0.05) is 65.5 Å². The number of Topliss-reactive ketones (excluding diaryl/α,β-unsaturated/α-hetero) is 2. The van der Waals surface area contributed by atoms with Gasteiger partial charge in [0.1, 0.15) is 6.61 Å². The average Bonchev–Trinajstić information content (AvgIpc) is 3.04. The minimum atomic E-state index is -0.537. The van der Waals surface area contributed by atoms with E-state index in [0.717, 1.165) is 46.5 Å². The van der Waals surface area contributed by atoms with Gasteiger partial charge < -0.3 is 14.4 Å². The largest absolute Gasteiger partial charge is 0.493 e. The summed E-state index contributed by atoms with van der Waals surface area (Å²) < 4.78 is 12.3. The Kier molecular flexibility index (Phi) is 9.09. The molecule has 0 saturated heterocycles. The van der Waals surface area contributed by atoms with Crippen LogP contribution in [0.15, 0.2) is 102 Å². The average molecular weight is 661 g/mol. The molecule has 254 valence electrons. The predicted molar refractivity (Wildman–Crippen MR) is 189 cm³/mol. The standard InChI is InChI=1S/C41H44N2O6/c1-7-11-28-18-29(19-35(48-6)39(28)49-25-27-14-16-30(17-15-27)43(46)47)36-37-31(20-40(2,3)22-33(37)44)42(24-26-12-9-8-10-13-26)32-21-41(4,5)23-34(45)38(32)36/h7-10,12-19,36H,1,11,20-25H2,2-6H3. The number of benzene rings is 3. The molecule has 0 N–H and O–H groups in total. The summed E-state index contributed by atoms with van der Waals surface area (Å²) in [6, 6.07) is 20.4. The molecule has 3 aliphatic rings. The van der Waals surface area contributed by atoms with E-state index in [1.54, 1.807) is 25.3 Å². The number of nitro benzene ring substituents is 1. The number of carbonyl (C=O) groups excluding carboxylic acids is 2. The number of non-ortho nitro benzene ring substituents is 1. The van der Waals surface area contributed by atoms with E-state index in [1.165, 1.54) is 12.1 Å². The lowest BCUT2D eigenvalue weighted by molar-refractivity contribution is -0.384. The van der Waals surface area contributed by atoms with Crippen molar-refractivity contribution in [3.63, 3.8) is 0 Å². The second-order valence-corrected chi connectivity index (χ2v) is 15.0. The number of methoxy groups -OCH3 is 1. The highest BCUT2D eigenvalue weighted by Gasteiger charge is 2.49. The van der Waals surface area contributed by atoms with Crippen LogP contribution in [0.3, 0.4) is 0 Å². The van der Waals surface area contributed by atoms with Crippen molar-refractivity contribution in [2.45, 2.75) is 78.9 Å². The van der Waals surface area contributed by atoms with E-state index in [-0.39, 0.29) is 34.7 Å². The van der Waals surface area contributed by atoms with Crippen LogP contribution in [0.4, 0.5) is 5.69 Å². The van der Waals surface area contributed by atoms with Gasteiger partial charge in [-0.3, -0.25) is 19.7 Å². The first-order valence-electron chi connectivity index (χ1n) is 16.8. The van der Waals surface area contributed by atoms with Crippen molar-refractivity contribution in [1.82, 2.24) is 4.90 Å². The van der Waals surface area contributed by atoms with Gasteiger partial charge in [-0.15, -0.1) is 6.58 Å². The molecule has 49 heavy (non-hydrogen) atoms. The lowest BCUT2D eigenvalue weighted by Gasteiger charge is -2.49. The molecule has 3 aromatic rings. The molecule has 0 fully saturated rings. The van der Waals surface area contributed by atoms with Gasteiger partial charge in [-0.25, -0.2) is 0 Å². The molecule has 0 radical (unpaired) electrons. The van der Waals surface area contributed by atoms with Crippen LogP contribution in [-0.4, -0.2) is 28.5 Å². The number of hydrogen-bond donors (Lipinski definition) is 0. The van der Waals surface area contributed by atoms with Crippen LogP contribution in [0.25, 0.3) is 0 Å². The number of hydrogen-bond acceptors (Lipinski definition) is 7. The first kappa shape index (κ1) is 33.9. The summed E-state index contributed by atoms with van der Waals surface area (Å²) in [4.78, 5) is 41.7. The van der Waals surface area contributed by atoms with Crippen molar-refractivity contribution in [1.29, 1.82) is 0 Å². The number of ether oxygens (including phenoxy) is 2. The fourth-order valence-electron chi connectivity index (χ4n) is 7.68. The van der Waals surface area contributed by atoms with E-state index >= 15 is 0 Å². The van der Waals surface area contributed by atoms with Crippen LogP contribution in [-0.2, 0) is 29.2 Å². The van der Waals surface area contributed by atoms with Gasteiger partial charge >= 0.3 is 0 Å². The smallest absolute Gasteiger partial charge is 0.269 e. The molecule has 0 saturated carbocycles. The van der Waals surface area contributed by atoms with Crippen LogP contribution in [0.5, 0.6) is 11.5 Å². The van der Waals surface area contributed by atoms with E-state index in [1.807, 2.05) is 30.3 Å². The molecule has 1 heterocycles. The Morgan fingerprint density at radius 3 is 2.00 bits per heavy atom. The summed E-state index contributed by atoms with van der Waals surface area (Å²) in [5, 5.41) is 11.1. The summed E-state index contributed by atoms with van der Waals surface area (Å²) in [6.07, 6.45) is 4.49. The minimum absolute atomic E-state index is 0.0106. The second-order valence-electron chi connectivity index (χ2n) is 15.0. The number of allylic oxidation sites excluding steroid dienone is 5. The van der Waals surface area contributed by atoms with E-state index in [4.69, 9.17) is 9.47 Å². The van der Waals surface area contributed by atoms with Crippen molar-refractivity contribution >= 4 is 17.3 Å². The van der Waals surface area contributed by atoms with E-state index in [9.17, 15) is 19.7 Å². The quantitative estimate of drug-likeness (QED) is 0.122. The Hall–Kier alpha value is -4.98. The minimum Gasteiger partial charge on any atom is -0.493 e. The second kappa shape index (κ2) is 13.1. The van der Waals surface area contributed by atoms with Crippen LogP contribution in [0.1, 0.15) is 81.5 Å². The van der Waals surface area contributed by atoms with Crippen molar-refractivity contribution in [3.05, 3.63) is 134 Å². The SMILES string of the molecule is C=CCc1cc(C2C3=C(CC(C)(C)CC3=O)N(Cc3ccccc3)C3=C2C(=O)CC(C)(C)C3)cc(OC)c1OCc1ccc([N+](=O)[O-])cc1. The lowest BCUT2D eigenvalue weighted by atomic mass is 9.63. The summed E-state index contributed by atoms with van der Waals surface area (Å²) in [7, 11) is 1.58. The monoisotopic (exact) mass is 660 g/mol. The fraction of sp³-hybridized carbons (Fsp3) is 0.366. The predicted octanol–water partition coefficient (Wildman–Crippen LogP) is 8.80. The maximum atomic E-state index is 14.4. The van der Waals surface area contributed by atoms with E-state index < -0.39 is 10.8 Å². The zero-order valence-electron chi connectivity index (χ0n) is 29.0. The van der Waals surface area contributed by atoms with Gasteiger partial charge in [0.05, 0.1) is 12.0 Å². The van der Waals surface area contributed by atoms with Gasteiger partial charge in [0.2, 0.25) is 0 Å². The van der Waals surface area contributed by atoms with Gasteiger partial charge in [-0.05, 0) is 65.0 Å². The lowest BCUT2D eigenvalue weighted by Crippen LogP contribution is -2.44. The molecule has 8 heteroatoms. The fourth-order valence-corrected chi connectivity index (χ4v) is 7.68. The molecular weight excluding hydrogens is 616 g/mol. The van der Waals surface area contributed by atoms with Gasteiger partial charge in [-0.2, -0.15) is 0 Å². The maximum absolute atomic E-state index is 14.4. The number of ketones is 2. The molecule has 6 rings (SSSR count). The van der Waals surface area contributed by atoms with Crippen molar-refractivity contribution in [3.8, 4) is 11.5 Å². The molecule has 0 bridgehead atoms.